The summed E-state index contributed by atoms with van der Waals surface area (Å²) in [5.74, 6) is 0.738. The third kappa shape index (κ3) is 7.47. The second kappa shape index (κ2) is 9.61. The Labute approximate surface area is 157 Å². The summed E-state index contributed by atoms with van der Waals surface area (Å²) in [7, 11) is -1.86. The minimum atomic E-state index is -1.86. The number of carbonyl (C=O) groups excluding carboxylic acids is 2. The van der Waals surface area contributed by atoms with Gasteiger partial charge in [-0.2, -0.15) is 0 Å². The van der Waals surface area contributed by atoms with Crippen LogP contribution in [0.5, 0.6) is 5.75 Å². The Morgan fingerprint density at radius 1 is 1.12 bits per heavy atom. The molecule has 0 aliphatic heterocycles. The summed E-state index contributed by atoms with van der Waals surface area (Å²) >= 11 is 0. The quantitative estimate of drug-likeness (QED) is 0.513. The van der Waals surface area contributed by atoms with Gasteiger partial charge in [-0.25, -0.2) is 4.79 Å². The van der Waals surface area contributed by atoms with Gasteiger partial charge in [-0.05, 0) is 55.7 Å². The number of benzene rings is 1. The van der Waals surface area contributed by atoms with Crippen LogP contribution in [0.25, 0.3) is 0 Å². The Balaban J connectivity index is 2.42. The van der Waals surface area contributed by atoms with Crippen molar-refractivity contribution in [3.63, 3.8) is 0 Å². The Morgan fingerprint density at radius 2 is 1.73 bits per heavy atom. The van der Waals surface area contributed by atoms with E-state index in [4.69, 9.17) is 9.16 Å². The van der Waals surface area contributed by atoms with E-state index in [2.05, 4.69) is 44.5 Å². The summed E-state index contributed by atoms with van der Waals surface area (Å²) < 4.78 is 11.0. The topological polar surface area (TPSA) is 76.7 Å². The van der Waals surface area contributed by atoms with Crippen molar-refractivity contribution in [1.29, 1.82) is 0 Å². The molecule has 0 atom stereocenters. The largest absolute Gasteiger partial charge is 0.544 e. The van der Waals surface area contributed by atoms with Gasteiger partial charge in [-0.15, -0.1) is 0 Å². The third-order valence-electron chi connectivity index (χ3n) is 4.44. The average molecular weight is 381 g/mol. The van der Waals surface area contributed by atoms with Crippen LogP contribution in [-0.2, 0) is 9.53 Å². The van der Waals surface area contributed by atoms with Gasteiger partial charge in [0.2, 0.25) is 14.2 Å². The van der Waals surface area contributed by atoms with Gasteiger partial charge in [0.25, 0.3) is 0 Å². The third-order valence-corrected chi connectivity index (χ3v) is 8.80. The van der Waals surface area contributed by atoms with Crippen LogP contribution in [0.2, 0.25) is 18.1 Å². The standard InChI is InChI=1S/C19H32N2O4Si/c1-7-24-18(23)20-14-8-9-17(22)21-15-10-12-16(13-11-15)25-26(5,6)19(2,3)4/h10-13H,7-9,14H2,1-6H3,(H,20,23)(H,21,22). The Morgan fingerprint density at radius 3 is 2.27 bits per heavy atom. The van der Waals surface area contributed by atoms with Crippen molar-refractivity contribution in [3.05, 3.63) is 24.3 Å². The van der Waals surface area contributed by atoms with Crippen molar-refractivity contribution in [2.75, 3.05) is 18.5 Å². The summed E-state index contributed by atoms with van der Waals surface area (Å²) in [6.07, 6.45) is 0.427. The summed E-state index contributed by atoms with van der Waals surface area (Å²) in [6, 6.07) is 7.46. The molecule has 1 aromatic carbocycles. The van der Waals surface area contributed by atoms with Crippen LogP contribution in [0.4, 0.5) is 10.5 Å². The van der Waals surface area contributed by atoms with E-state index >= 15 is 0 Å². The highest BCUT2D eigenvalue weighted by Crippen LogP contribution is 2.37. The lowest BCUT2D eigenvalue weighted by Crippen LogP contribution is -2.43. The molecule has 146 valence electrons. The predicted octanol–water partition coefficient (Wildman–Crippen LogP) is 4.54. The van der Waals surface area contributed by atoms with Crippen molar-refractivity contribution in [2.45, 2.75) is 58.7 Å². The highest BCUT2D eigenvalue weighted by Gasteiger charge is 2.38. The molecule has 0 bridgehead atoms. The Kier molecular flexibility index (Phi) is 8.14. The normalized spacial score (nSPS) is 11.6. The Bertz CT molecular complexity index is 595. The lowest BCUT2D eigenvalue weighted by atomic mass is 10.2. The van der Waals surface area contributed by atoms with Crippen LogP contribution < -0.4 is 15.1 Å². The zero-order valence-electron chi connectivity index (χ0n) is 16.8. The molecule has 0 saturated carbocycles. The maximum Gasteiger partial charge on any atom is 0.407 e. The molecule has 0 radical (unpaired) electrons. The van der Waals surface area contributed by atoms with E-state index in [1.54, 1.807) is 6.92 Å². The number of rotatable bonds is 8. The van der Waals surface area contributed by atoms with Gasteiger partial charge in [-0.3, -0.25) is 4.79 Å². The van der Waals surface area contributed by atoms with E-state index in [9.17, 15) is 9.59 Å². The molecule has 0 unspecified atom stereocenters. The maximum atomic E-state index is 11.9. The smallest absolute Gasteiger partial charge is 0.407 e. The van der Waals surface area contributed by atoms with Crippen molar-refractivity contribution >= 4 is 26.0 Å². The second-order valence-corrected chi connectivity index (χ2v) is 12.4. The molecule has 0 aliphatic rings. The van der Waals surface area contributed by atoms with Crippen molar-refractivity contribution in [2.24, 2.45) is 0 Å². The highest BCUT2D eigenvalue weighted by molar-refractivity contribution is 6.74. The number of alkyl carbamates (subject to hydrolysis) is 1. The van der Waals surface area contributed by atoms with Crippen LogP contribution in [0.15, 0.2) is 24.3 Å². The van der Waals surface area contributed by atoms with Gasteiger partial charge in [0.15, 0.2) is 0 Å². The minimum Gasteiger partial charge on any atom is -0.544 e. The van der Waals surface area contributed by atoms with Crippen LogP contribution >= 0.6 is 0 Å². The molecule has 1 rings (SSSR count). The van der Waals surface area contributed by atoms with Gasteiger partial charge in [0, 0.05) is 18.7 Å². The molecular formula is C19H32N2O4Si. The summed E-state index contributed by atoms with van der Waals surface area (Å²) in [5, 5.41) is 5.57. The molecule has 2 amide bonds. The van der Waals surface area contributed by atoms with Crippen LogP contribution in [-0.4, -0.2) is 33.5 Å². The molecule has 6 nitrogen and oxygen atoms in total. The first-order valence-electron chi connectivity index (χ1n) is 9.04. The van der Waals surface area contributed by atoms with E-state index in [0.29, 0.717) is 26.0 Å². The number of amides is 2. The highest BCUT2D eigenvalue weighted by atomic mass is 28.4. The Hall–Kier alpha value is -2.02. The van der Waals surface area contributed by atoms with Crippen molar-refractivity contribution in [1.82, 2.24) is 5.32 Å². The second-order valence-electron chi connectivity index (χ2n) is 7.69. The number of carbonyl (C=O) groups is 2. The molecule has 0 spiro atoms. The number of ether oxygens (including phenoxy) is 1. The van der Waals surface area contributed by atoms with E-state index in [1.165, 1.54) is 0 Å². The number of anilines is 1. The van der Waals surface area contributed by atoms with E-state index < -0.39 is 14.4 Å². The van der Waals surface area contributed by atoms with Gasteiger partial charge in [0.1, 0.15) is 5.75 Å². The van der Waals surface area contributed by atoms with Crippen LogP contribution in [0, 0.1) is 0 Å². The number of nitrogens with one attached hydrogen (secondary N) is 2. The van der Waals surface area contributed by atoms with Gasteiger partial charge in [0.05, 0.1) is 6.61 Å². The number of hydrogen-bond acceptors (Lipinski definition) is 4. The lowest BCUT2D eigenvalue weighted by molar-refractivity contribution is -0.116. The summed E-state index contributed by atoms with van der Waals surface area (Å²) in [4.78, 5) is 23.1. The molecule has 0 aliphatic carbocycles. The fourth-order valence-electron chi connectivity index (χ4n) is 1.90. The van der Waals surface area contributed by atoms with Crippen LogP contribution in [0.3, 0.4) is 0 Å². The molecule has 26 heavy (non-hydrogen) atoms. The van der Waals surface area contributed by atoms with Gasteiger partial charge >= 0.3 is 6.09 Å². The fraction of sp³-hybridized carbons (Fsp3) is 0.579. The molecule has 0 aromatic heterocycles. The van der Waals surface area contributed by atoms with E-state index in [0.717, 1.165) is 11.4 Å². The zero-order valence-corrected chi connectivity index (χ0v) is 17.8. The van der Waals surface area contributed by atoms with Crippen molar-refractivity contribution in [3.8, 4) is 5.75 Å². The fourth-order valence-corrected chi connectivity index (χ4v) is 2.93. The van der Waals surface area contributed by atoms with E-state index in [-0.39, 0.29) is 10.9 Å². The lowest BCUT2D eigenvalue weighted by Gasteiger charge is -2.36. The molecule has 0 fully saturated rings. The molecule has 2 N–H and O–H groups in total. The predicted molar refractivity (Wildman–Crippen MR) is 107 cm³/mol. The SMILES string of the molecule is CCOC(=O)NCCCC(=O)Nc1ccc(O[Si](C)(C)C(C)(C)C)cc1. The first-order valence-corrected chi connectivity index (χ1v) is 12.0. The average Bonchev–Trinajstić information content (AvgIpc) is 2.52. The first-order chi connectivity index (χ1) is 12.0. The molecule has 0 saturated heterocycles. The summed E-state index contributed by atoms with van der Waals surface area (Å²) in [6.45, 7) is 13.5. The maximum absolute atomic E-state index is 11.9. The zero-order chi connectivity index (χ0) is 19.8. The molecule has 1 aromatic rings. The van der Waals surface area contributed by atoms with Crippen molar-refractivity contribution < 1.29 is 18.8 Å². The molecule has 0 heterocycles. The summed E-state index contributed by atoms with van der Waals surface area (Å²) in [5.41, 5.74) is 0.732. The molecular weight excluding hydrogens is 348 g/mol. The monoisotopic (exact) mass is 380 g/mol. The van der Waals surface area contributed by atoms with Gasteiger partial charge < -0.3 is 19.8 Å². The van der Waals surface area contributed by atoms with Gasteiger partial charge in [-0.1, -0.05) is 20.8 Å². The molecule has 7 heteroatoms. The minimum absolute atomic E-state index is 0.0891. The van der Waals surface area contributed by atoms with E-state index in [1.807, 2.05) is 24.3 Å². The van der Waals surface area contributed by atoms with Crippen LogP contribution in [0.1, 0.15) is 40.5 Å². The first kappa shape index (κ1) is 22.0. The number of hydrogen-bond donors (Lipinski definition) is 2.